The number of likely N-dealkylation sites (tertiary alicyclic amines) is 1. The zero-order valence-electron chi connectivity index (χ0n) is 13.7. The molecule has 5 heteroatoms. The minimum Gasteiger partial charge on any atom is -0.378 e. The second kappa shape index (κ2) is 6.82. The molecular formula is C17H27N3O2. The molecule has 1 amide bonds. The van der Waals surface area contributed by atoms with Gasteiger partial charge in [0.15, 0.2) is 0 Å². The molecule has 2 fully saturated rings. The number of hydrogen-bond donors (Lipinski definition) is 0. The largest absolute Gasteiger partial charge is 0.378 e. The highest BCUT2D eigenvalue weighted by molar-refractivity contribution is 5.76. The van der Waals surface area contributed by atoms with Crippen molar-refractivity contribution in [2.75, 3.05) is 19.7 Å². The maximum Gasteiger partial charge on any atom is 0.225 e. The Morgan fingerprint density at radius 3 is 3.00 bits per heavy atom. The molecule has 22 heavy (non-hydrogen) atoms. The van der Waals surface area contributed by atoms with E-state index >= 15 is 0 Å². The fourth-order valence-electron chi connectivity index (χ4n) is 3.62. The summed E-state index contributed by atoms with van der Waals surface area (Å²) >= 11 is 0. The van der Waals surface area contributed by atoms with Crippen molar-refractivity contribution < 1.29 is 9.53 Å². The van der Waals surface area contributed by atoms with Gasteiger partial charge in [-0.3, -0.25) is 4.79 Å². The minimum atomic E-state index is 0.146. The highest BCUT2D eigenvalue weighted by Gasteiger charge is 2.28. The Morgan fingerprint density at radius 1 is 1.41 bits per heavy atom. The number of aromatic nitrogens is 2. The molecule has 2 atom stereocenters. The van der Waals surface area contributed by atoms with Gasteiger partial charge in [0, 0.05) is 38.0 Å². The summed E-state index contributed by atoms with van der Waals surface area (Å²) in [5.41, 5.74) is 0. The van der Waals surface area contributed by atoms with Crippen molar-refractivity contribution in [3.05, 3.63) is 18.2 Å². The molecule has 5 nitrogen and oxygen atoms in total. The Bertz CT molecular complexity index is 506. The number of rotatable bonds is 4. The number of amides is 1. The molecular weight excluding hydrogens is 278 g/mol. The molecule has 0 bridgehead atoms. The summed E-state index contributed by atoms with van der Waals surface area (Å²) in [5.74, 6) is 1.79. The number of carbonyl (C=O) groups is 1. The van der Waals surface area contributed by atoms with E-state index in [1.54, 1.807) is 0 Å². The van der Waals surface area contributed by atoms with E-state index in [4.69, 9.17) is 4.74 Å². The Balaban J connectivity index is 1.63. The lowest BCUT2D eigenvalue weighted by atomic mass is 10.0. The topological polar surface area (TPSA) is 47.4 Å². The van der Waals surface area contributed by atoms with Gasteiger partial charge in [-0.1, -0.05) is 13.8 Å². The van der Waals surface area contributed by atoms with Crippen LogP contribution in [0, 0.1) is 0 Å². The quantitative estimate of drug-likeness (QED) is 0.859. The number of imidazole rings is 1. The van der Waals surface area contributed by atoms with E-state index in [1.165, 1.54) is 0 Å². The number of nitrogens with zero attached hydrogens (tertiary/aromatic N) is 3. The van der Waals surface area contributed by atoms with Crippen molar-refractivity contribution in [1.29, 1.82) is 0 Å². The van der Waals surface area contributed by atoms with Gasteiger partial charge in [-0.2, -0.15) is 0 Å². The summed E-state index contributed by atoms with van der Waals surface area (Å²) in [4.78, 5) is 19.0. The predicted octanol–water partition coefficient (Wildman–Crippen LogP) is 2.74. The van der Waals surface area contributed by atoms with Crippen molar-refractivity contribution in [2.24, 2.45) is 0 Å². The summed E-state index contributed by atoms with van der Waals surface area (Å²) < 4.78 is 7.88. The van der Waals surface area contributed by atoms with E-state index in [1.807, 2.05) is 11.1 Å². The Morgan fingerprint density at radius 2 is 2.27 bits per heavy atom. The summed E-state index contributed by atoms with van der Waals surface area (Å²) in [6.45, 7) is 6.84. The highest BCUT2D eigenvalue weighted by atomic mass is 16.5. The van der Waals surface area contributed by atoms with Gasteiger partial charge in [-0.05, 0) is 25.7 Å². The van der Waals surface area contributed by atoms with Gasteiger partial charge in [0.25, 0.3) is 0 Å². The fraction of sp³-hybridized carbons (Fsp3) is 0.765. The Kier molecular flexibility index (Phi) is 4.81. The third kappa shape index (κ3) is 3.35. The number of hydrogen-bond acceptors (Lipinski definition) is 3. The molecule has 0 saturated carbocycles. The van der Waals surface area contributed by atoms with Crippen LogP contribution in [0.2, 0.25) is 0 Å². The third-order valence-corrected chi connectivity index (χ3v) is 4.78. The summed E-state index contributed by atoms with van der Waals surface area (Å²) in [6, 6.07) is 0.363. The van der Waals surface area contributed by atoms with Crippen molar-refractivity contribution in [2.45, 2.75) is 64.0 Å². The van der Waals surface area contributed by atoms with E-state index in [0.29, 0.717) is 18.4 Å². The van der Waals surface area contributed by atoms with Crippen LogP contribution < -0.4 is 0 Å². The van der Waals surface area contributed by atoms with Crippen LogP contribution in [-0.2, 0) is 9.53 Å². The lowest BCUT2D eigenvalue weighted by molar-refractivity contribution is -0.135. The number of piperidine rings is 1. The van der Waals surface area contributed by atoms with Crippen molar-refractivity contribution in [3.8, 4) is 0 Å². The van der Waals surface area contributed by atoms with Crippen LogP contribution in [0.5, 0.6) is 0 Å². The molecule has 0 N–H and O–H groups in total. The summed E-state index contributed by atoms with van der Waals surface area (Å²) in [5, 5.41) is 0. The molecule has 0 unspecified atom stereocenters. The average Bonchev–Trinajstić information content (AvgIpc) is 3.18. The van der Waals surface area contributed by atoms with Crippen molar-refractivity contribution in [3.63, 3.8) is 0 Å². The maximum absolute atomic E-state index is 12.5. The smallest absolute Gasteiger partial charge is 0.225 e. The third-order valence-electron chi connectivity index (χ3n) is 4.78. The molecule has 1 aromatic heterocycles. The van der Waals surface area contributed by atoms with Crippen LogP contribution in [0.4, 0.5) is 0 Å². The first kappa shape index (κ1) is 15.5. The van der Waals surface area contributed by atoms with E-state index in [0.717, 1.165) is 51.2 Å². The van der Waals surface area contributed by atoms with Crippen molar-refractivity contribution >= 4 is 5.91 Å². The Labute approximate surface area is 132 Å². The first-order valence-corrected chi connectivity index (χ1v) is 8.57. The van der Waals surface area contributed by atoms with Gasteiger partial charge in [0.05, 0.1) is 18.6 Å². The Hall–Kier alpha value is -1.36. The van der Waals surface area contributed by atoms with Crippen LogP contribution >= 0.6 is 0 Å². The molecule has 0 spiro atoms. The van der Waals surface area contributed by atoms with E-state index in [9.17, 15) is 4.79 Å². The molecule has 0 aliphatic carbocycles. The normalized spacial score (nSPS) is 25.9. The lowest BCUT2D eigenvalue weighted by Crippen LogP contribution is -2.42. The summed E-state index contributed by atoms with van der Waals surface area (Å²) in [6.07, 6.45) is 8.95. The highest BCUT2D eigenvalue weighted by Crippen LogP contribution is 2.26. The van der Waals surface area contributed by atoms with Crippen LogP contribution in [0.15, 0.2) is 12.4 Å². The minimum absolute atomic E-state index is 0.146. The first-order valence-electron chi connectivity index (χ1n) is 8.57. The zero-order valence-corrected chi connectivity index (χ0v) is 13.7. The van der Waals surface area contributed by atoms with Crippen LogP contribution in [0.25, 0.3) is 0 Å². The first-order chi connectivity index (χ1) is 10.6. The second-order valence-electron chi connectivity index (χ2n) is 6.82. The number of carbonyl (C=O) groups excluding carboxylic acids is 1. The molecule has 3 rings (SSSR count). The molecule has 2 aliphatic rings. The van der Waals surface area contributed by atoms with Crippen molar-refractivity contribution in [1.82, 2.24) is 14.5 Å². The number of ether oxygens (including phenoxy) is 1. The van der Waals surface area contributed by atoms with Gasteiger partial charge in [-0.25, -0.2) is 4.98 Å². The molecule has 0 aromatic carbocycles. The van der Waals surface area contributed by atoms with Gasteiger partial charge in [0.1, 0.15) is 5.82 Å². The van der Waals surface area contributed by atoms with Gasteiger partial charge in [-0.15, -0.1) is 0 Å². The van der Waals surface area contributed by atoms with Crippen LogP contribution in [0.1, 0.15) is 63.7 Å². The molecule has 2 saturated heterocycles. The molecule has 3 heterocycles. The van der Waals surface area contributed by atoms with Gasteiger partial charge < -0.3 is 14.2 Å². The van der Waals surface area contributed by atoms with E-state index < -0.39 is 0 Å². The fourth-order valence-corrected chi connectivity index (χ4v) is 3.62. The molecule has 0 radical (unpaired) electrons. The van der Waals surface area contributed by atoms with Crippen LogP contribution in [0.3, 0.4) is 0 Å². The summed E-state index contributed by atoms with van der Waals surface area (Å²) in [7, 11) is 0. The maximum atomic E-state index is 12.5. The monoisotopic (exact) mass is 305 g/mol. The second-order valence-corrected chi connectivity index (χ2v) is 6.82. The molecule has 122 valence electrons. The van der Waals surface area contributed by atoms with Crippen LogP contribution in [-0.4, -0.2) is 46.2 Å². The molecule has 2 aliphatic heterocycles. The SMILES string of the molecule is CC(C)c1nccn1[C@@H]1CCCN(C(=O)C[C@H]2CCCO2)C1. The zero-order chi connectivity index (χ0) is 15.5. The average molecular weight is 305 g/mol. The lowest BCUT2D eigenvalue weighted by Gasteiger charge is -2.35. The van der Waals surface area contributed by atoms with Gasteiger partial charge >= 0.3 is 0 Å². The van der Waals surface area contributed by atoms with Gasteiger partial charge in [0.2, 0.25) is 5.91 Å². The predicted molar refractivity (Wildman–Crippen MR) is 84.8 cm³/mol. The molecule has 1 aromatic rings. The standard InChI is InChI=1S/C17H27N3O2/c1-13(2)17-18-7-9-20(17)14-5-3-8-19(12-14)16(21)11-15-6-4-10-22-15/h7,9,13-15H,3-6,8,10-12H2,1-2H3/t14-,15-/m1/s1. The van der Waals surface area contributed by atoms with E-state index in [-0.39, 0.29) is 12.0 Å². The van der Waals surface area contributed by atoms with E-state index in [2.05, 4.69) is 29.6 Å².